The van der Waals surface area contributed by atoms with Crippen LogP contribution in [0.2, 0.25) is 0 Å². The number of carboxylic acids is 1. The highest BCUT2D eigenvalue weighted by atomic mass is 16.4. The van der Waals surface area contributed by atoms with Gasteiger partial charge in [0.25, 0.3) is 0 Å². The molecule has 0 aliphatic rings. The Kier molecular flexibility index (Phi) is 6.50. The molecular weight excluding hydrogens is 298 g/mol. The summed E-state index contributed by atoms with van der Waals surface area (Å²) >= 11 is 0. The molecule has 24 heavy (non-hydrogen) atoms. The summed E-state index contributed by atoms with van der Waals surface area (Å²) in [6, 6.07) is 18.2. The Morgan fingerprint density at radius 2 is 1.75 bits per heavy atom. The Morgan fingerprint density at radius 1 is 1.08 bits per heavy atom. The van der Waals surface area contributed by atoms with Gasteiger partial charge in [-0.05, 0) is 29.5 Å². The maximum atomic E-state index is 10.5. The van der Waals surface area contributed by atoms with Crippen LogP contribution in [-0.2, 0) is 17.6 Å². The minimum atomic E-state index is -0.924. The van der Waals surface area contributed by atoms with E-state index in [1.165, 1.54) is 0 Å². The molecule has 0 aromatic heterocycles. The van der Waals surface area contributed by atoms with Gasteiger partial charge < -0.3 is 10.5 Å². The lowest BCUT2D eigenvalue weighted by Gasteiger charge is -2.17. The Bertz CT molecular complexity index is 702. The van der Waals surface area contributed by atoms with Crippen LogP contribution in [0.1, 0.15) is 36.0 Å². The van der Waals surface area contributed by atoms with Crippen LogP contribution >= 0.6 is 0 Å². The first-order chi connectivity index (χ1) is 11.6. The van der Waals surface area contributed by atoms with Crippen molar-refractivity contribution in [3.05, 3.63) is 83.4 Å². The third kappa shape index (κ3) is 5.20. The van der Waals surface area contributed by atoms with Crippen molar-refractivity contribution >= 4 is 11.7 Å². The van der Waals surface area contributed by atoms with Crippen LogP contribution in [0.15, 0.2) is 66.7 Å². The predicted octanol–water partition coefficient (Wildman–Crippen LogP) is 4.63. The number of hydrogen-bond donors (Lipinski definition) is 2. The predicted molar refractivity (Wildman–Crippen MR) is 97.8 cm³/mol. The van der Waals surface area contributed by atoms with Crippen LogP contribution in [0.5, 0.6) is 0 Å². The highest BCUT2D eigenvalue weighted by Gasteiger charge is 2.15. The fraction of sp³-hybridized carbons (Fsp3) is 0.238. The van der Waals surface area contributed by atoms with E-state index in [1.807, 2.05) is 30.3 Å². The topological polar surface area (TPSA) is 61.2 Å². The monoisotopic (exact) mass is 321 g/mol. The molecule has 124 valence electrons. The third-order valence-electron chi connectivity index (χ3n) is 4.06. The van der Waals surface area contributed by atoms with Gasteiger partial charge in [0, 0.05) is 24.1 Å². The van der Waals surface area contributed by atoms with Gasteiger partial charge >= 0.3 is 5.97 Å². The average molecular weight is 321 g/mol. The number of nitrogens with one attached hydrogen (secondary N) is 1. The lowest BCUT2D eigenvalue weighted by Crippen LogP contribution is -2.13. The molecule has 3 heteroatoms. The number of rotatable bonds is 8. The maximum absolute atomic E-state index is 10.5. The smallest absolute Gasteiger partial charge is 0.327 e. The summed E-state index contributed by atoms with van der Waals surface area (Å²) in [6.07, 6.45) is 4.97. The normalized spacial score (nSPS) is 12.2. The largest absolute Gasteiger partial charge is 0.478 e. The molecule has 0 radical (unpaired) electrons. The van der Waals surface area contributed by atoms with E-state index >= 15 is 0 Å². The van der Waals surface area contributed by atoms with Crippen LogP contribution in [-0.4, -0.2) is 16.8 Å². The Hall–Kier alpha value is -2.68. The van der Waals surface area contributed by atoms with Crippen molar-refractivity contribution in [2.45, 2.75) is 32.1 Å². The second-order valence-electron chi connectivity index (χ2n) is 5.83. The third-order valence-corrected chi connectivity index (χ3v) is 4.06. The van der Waals surface area contributed by atoms with Crippen molar-refractivity contribution in [2.75, 3.05) is 0 Å². The Labute approximate surface area is 143 Å². The molecule has 0 amide bonds. The molecule has 0 heterocycles. The number of hydrogen-bond acceptors (Lipinski definition) is 2. The van der Waals surface area contributed by atoms with Gasteiger partial charge in [0.05, 0.1) is 0 Å². The number of carbonyl (C=O) groups is 1. The first-order valence-electron chi connectivity index (χ1n) is 8.19. The number of allylic oxidation sites excluding steroid dienone is 1. The lowest BCUT2D eigenvalue weighted by molar-refractivity contribution is -0.131. The number of carboxylic acid groups (broad SMARTS) is 1. The molecule has 0 unspecified atom stereocenters. The summed E-state index contributed by atoms with van der Waals surface area (Å²) in [5, 5.41) is 17.1. The molecular formula is C21H23NO2. The summed E-state index contributed by atoms with van der Waals surface area (Å²) in [6.45, 7) is 2.10. The quantitative estimate of drug-likeness (QED) is 0.550. The van der Waals surface area contributed by atoms with E-state index < -0.39 is 5.97 Å². The molecule has 0 bridgehead atoms. The van der Waals surface area contributed by atoms with E-state index in [2.05, 4.69) is 31.2 Å². The average Bonchev–Trinajstić information content (AvgIpc) is 2.57. The molecule has 1 atom stereocenters. The molecule has 0 aliphatic carbocycles. The summed E-state index contributed by atoms with van der Waals surface area (Å²) in [5.41, 5.74) is 4.10. The lowest BCUT2D eigenvalue weighted by atomic mass is 9.88. The van der Waals surface area contributed by atoms with Gasteiger partial charge in [-0.25, -0.2) is 4.79 Å². The van der Waals surface area contributed by atoms with Crippen molar-refractivity contribution in [3.8, 4) is 0 Å². The molecule has 0 aliphatic heterocycles. The van der Waals surface area contributed by atoms with E-state index in [-0.39, 0.29) is 5.92 Å². The van der Waals surface area contributed by atoms with Crippen molar-refractivity contribution in [1.29, 1.82) is 5.41 Å². The van der Waals surface area contributed by atoms with E-state index in [4.69, 9.17) is 10.5 Å². The molecule has 3 nitrogen and oxygen atoms in total. The second-order valence-corrected chi connectivity index (χ2v) is 5.83. The van der Waals surface area contributed by atoms with Crippen LogP contribution in [0.4, 0.5) is 0 Å². The SMILES string of the molecule is CC[C@H](C(=N)Cc1ccccc1)c1ccc(C/C=C/C(=O)O)cc1. The Morgan fingerprint density at radius 3 is 2.33 bits per heavy atom. The van der Waals surface area contributed by atoms with Gasteiger partial charge in [0.2, 0.25) is 0 Å². The zero-order chi connectivity index (χ0) is 17.4. The van der Waals surface area contributed by atoms with Crippen LogP contribution in [0, 0.1) is 5.41 Å². The van der Waals surface area contributed by atoms with Crippen molar-refractivity contribution in [1.82, 2.24) is 0 Å². The first kappa shape index (κ1) is 17.7. The fourth-order valence-electron chi connectivity index (χ4n) is 2.80. The van der Waals surface area contributed by atoms with E-state index in [0.717, 1.165) is 34.9 Å². The standard InChI is InChI=1S/C21H23NO2/c1-2-19(20(22)15-17-7-4-3-5-8-17)18-13-11-16(12-14-18)9-6-10-21(23)24/h3-8,10-14,19,22H,2,9,15H2,1H3,(H,23,24)/b10-6+,22-20?/t19-/m0/s1. The van der Waals surface area contributed by atoms with Gasteiger partial charge in [-0.15, -0.1) is 0 Å². The van der Waals surface area contributed by atoms with E-state index in [0.29, 0.717) is 12.8 Å². The maximum Gasteiger partial charge on any atom is 0.327 e. The van der Waals surface area contributed by atoms with Gasteiger partial charge in [0.15, 0.2) is 0 Å². The minimum absolute atomic E-state index is 0.119. The molecule has 0 saturated heterocycles. The number of aliphatic carboxylic acids is 1. The van der Waals surface area contributed by atoms with Crippen molar-refractivity contribution in [2.24, 2.45) is 0 Å². The van der Waals surface area contributed by atoms with E-state index in [9.17, 15) is 4.79 Å². The summed E-state index contributed by atoms with van der Waals surface area (Å²) < 4.78 is 0. The second kappa shape index (κ2) is 8.82. The minimum Gasteiger partial charge on any atom is -0.478 e. The van der Waals surface area contributed by atoms with E-state index in [1.54, 1.807) is 6.08 Å². The zero-order valence-electron chi connectivity index (χ0n) is 13.9. The molecule has 2 aromatic rings. The fourth-order valence-corrected chi connectivity index (χ4v) is 2.80. The summed E-state index contributed by atoms with van der Waals surface area (Å²) in [7, 11) is 0. The van der Waals surface area contributed by atoms with Gasteiger partial charge in [-0.3, -0.25) is 0 Å². The molecule has 0 saturated carbocycles. The zero-order valence-corrected chi connectivity index (χ0v) is 13.9. The first-order valence-corrected chi connectivity index (χ1v) is 8.19. The molecule has 0 fully saturated rings. The highest BCUT2D eigenvalue weighted by molar-refractivity contribution is 5.90. The van der Waals surface area contributed by atoms with Crippen LogP contribution in [0.3, 0.4) is 0 Å². The van der Waals surface area contributed by atoms with Crippen molar-refractivity contribution in [3.63, 3.8) is 0 Å². The Balaban J connectivity index is 2.04. The summed E-state index contributed by atoms with van der Waals surface area (Å²) in [4.78, 5) is 10.5. The van der Waals surface area contributed by atoms with Gasteiger partial charge in [0.1, 0.15) is 0 Å². The van der Waals surface area contributed by atoms with Crippen LogP contribution in [0.25, 0.3) is 0 Å². The highest BCUT2D eigenvalue weighted by Crippen LogP contribution is 2.23. The van der Waals surface area contributed by atoms with Gasteiger partial charge in [-0.2, -0.15) is 0 Å². The number of benzene rings is 2. The van der Waals surface area contributed by atoms with Crippen LogP contribution < -0.4 is 0 Å². The molecule has 2 aromatic carbocycles. The molecule has 2 N–H and O–H groups in total. The summed E-state index contributed by atoms with van der Waals surface area (Å²) in [5.74, 6) is -0.805. The van der Waals surface area contributed by atoms with Crippen molar-refractivity contribution < 1.29 is 9.90 Å². The molecule has 2 rings (SSSR count). The van der Waals surface area contributed by atoms with Gasteiger partial charge in [-0.1, -0.05) is 67.6 Å². The molecule has 0 spiro atoms.